The number of nitrogens with zero attached hydrogens (tertiary/aromatic N) is 3. The predicted octanol–water partition coefficient (Wildman–Crippen LogP) is 4.48. The van der Waals surface area contributed by atoms with Gasteiger partial charge in [0.2, 0.25) is 5.91 Å². The Hall–Kier alpha value is -1.97. The first-order valence-corrected chi connectivity index (χ1v) is 12.1. The van der Waals surface area contributed by atoms with E-state index in [0.717, 1.165) is 35.2 Å². The van der Waals surface area contributed by atoms with Gasteiger partial charge in [0.25, 0.3) is 5.56 Å². The number of nitrogens with one attached hydrogen (secondary N) is 1. The van der Waals surface area contributed by atoms with Crippen molar-refractivity contribution in [2.45, 2.75) is 50.6 Å². The molecule has 4 rings (SSSR count). The summed E-state index contributed by atoms with van der Waals surface area (Å²) in [5.41, 5.74) is 2.08. The number of thiophene rings is 1. The Morgan fingerprint density at radius 3 is 3.07 bits per heavy atom. The van der Waals surface area contributed by atoms with Crippen LogP contribution in [-0.4, -0.2) is 20.4 Å². The number of thiazole rings is 1. The predicted molar refractivity (Wildman–Crippen MR) is 121 cm³/mol. The van der Waals surface area contributed by atoms with Crippen LogP contribution in [0.2, 0.25) is 0 Å². The third-order valence-electron chi connectivity index (χ3n) is 4.88. The van der Waals surface area contributed by atoms with Gasteiger partial charge in [-0.15, -0.1) is 29.3 Å². The van der Waals surface area contributed by atoms with Crippen LogP contribution in [0.3, 0.4) is 0 Å². The van der Waals surface area contributed by atoms with Crippen molar-refractivity contribution in [3.63, 3.8) is 0 Å². The lowest BCUT2D eigenvalue weighted by atomic mass is 9.89. The molecule has 0 saturated carbocycles. The van der Waals surface area contributed by atoms with E-state index in [0.29, 0.717) is 28.5 Å². The molecule has 0 aromatic carbocycles. The first kappa shape index (κ1) is 20.3. The second kappa shape index (κ2) is 8.41. The lowest BCUT2D eigenvalue weighted by molar-refractivity contribution is -0.114. The van der Waals surface area contributed by atoms with Crippen molar-refractivity contribution in [3.8, 4) is 0 Å². The van der Waals surface area contributed by atoms with Gasteiger partial charge in [-0.1, -0.05) is 24.8 Å². The van der Waals surface area contributed by atoms with Gasteiger partial charge in [0, 0.05) is 29.5 Å². The number of aromatic nitrogens is 3. The molecule has 0 saturated heterocycles. The Morgan fingerprint density at radius 1 is 1.48 bits per heavy atom. The number of thioether (sulfide) groups is 1. The van der Waals surface area contributed by atoms with Crippen molar-refractivity contribution in [3.05, 3.63) is 44.5 Å². The van der Waals surface area contributed by atoms with E-state index < -0.39 is 0 Å². The number of amides is 1. The second-order valence-corrected chi connectivity index (χ2v) is 10.1. The minimum absolute atomic E-state index is 0.0293. The monoisotopic (exact) mass is 446 g/mol. The first-order valence-electron chi connectivity index (χ1n) is 9.47. The van der Waals surface area contributed by atoms with Crippen LogP contribution in [0, 0.1) is 5.92 Å². The lowest BCUT2D eigenvalue weighted by Gasteiger charge is -2.17. The van der Waals surface area contributed by atoms with Gasteiger partial charge in [-0.3, -0.25) is 14.2 Å². The molecule has 1 aliphatic rings. The number of carbonyl (C=O) groups is 1. The second-order valence-electron chi connectivity index (χ2n) is 7.24. The zero-order valence-corrected chi connectivity index (χ0v) is 18.8. The van der Waals surface area contributed by atoms with Gasteiger partial charge in [0.1, 0.15) is 4.83 Å². The van der Waals surface area contributed by atoms with Gasteiger partial charge in [-0.05, 0) is 30.7 Å². The van der Waals surface area contributed by atoms with Gasteiger partial charge < -0.3 is 5.32 Å². The summed E-state index contributed by atoms with van der Waals surface area (Å²) in [7, 11) is 0. The molecule has 6 nitrogen and oxygen atoms in total. The van der Waals surface area contributed by atoms with Crippen LogP contribution < -0.4 is 10.9 Å². The SMILES string of the molecule is C=CCn1c(SCc2csc(NC(C)=O)n2)nc2sc3c(c2c1=O)CCC(C)C3. The average Bonchev–Trinajstić information content (AvgIpc) is 3.25. The van der Waals surface area contributed by atoms with E-state index in [4.69, 9.17) is 4.98 Å². The third-order valence-corrected chi connectivity index (χ3v) is 7.84. The molecule has 9 heteroatoms. The summed E-state index contributed by atoms with van der Waals surface area (Å²) in [5, 5.41) is 6.67. The van der Waals surface area contributed by atoms with Gasteiger partial charge in [0.15, 0.2) is 10.3 Å². The number of hydrogen-bond donors (Lipinski definition) is 1. The summed E-state index contributed by atoms with van der Waals surface area (Å²) < 4.78 is 1.71. The lowest BCUT2D eigenvalue weighted by Crippen LogP contribution is -2.23. The third kappa shape index (κ3) is 4.17. The van der Waals surface area contributed by atoms with Crippen molar-refractivity contribution in [2.75, 3.05) is 5.32 Å². The molecule has 0 fully saturated rings. The Kier molecular flexibility index (Phi) is 5.89. The summed E-state index contributed by atoms with van der Waals surface area (Å²) in [6.45, 7) is 7.96. The highest BCUT2D eigenvalue weighted by Crippen LogP contribution is 2.36. The molecule has 1 unspecified atom stereocenters. The molecule has 1 atom stereocenters. The molecule has 29 heavy (non-hydrogen) atoms. The maximum absolute atomic E-state index is 13.3. The summed E-state index contributed by atoms with van der Waals surface area (Å²) in [6.07, 6.45) is 4.84. The van der Waals surface area contributed by atoms with Crippen LogP contribution in [0.25, 0.3) is 10.2 Å². The molecular formula is C20H22N4O2S3. The molecule has 0 radical (unpaired) electrons. The fourth-order valence-electron chi connectivity index (χ4n) is 3.52. The molecule has 3 aromatic heterocycles. The zero-order valence-electron chi connectivity index (χ0n) is 16.4. The molecule has 0 aliphatic heterocycles. The number of aryl methyl sites for hydroxylation is 1. The van der Waals surface area contributed by atoms with Crippen LogP contribution in [0.4, 0.5) is 5.13 Å². The van der Waals surface area contributed by atoms with Gasteiger partial charge >= 0.3 is 0 Å². The van der Waals surface area contributed by atoms with Crippen molar-refractivity contribution < 1.29 is 4.79 Å². The standard InChI is InChI=1S/C20H22N4O2S3/c1-4-7-24-18(26)16-14-6-5-11(2)8-15(14)29-17(16)23-20(24)28-10-13-9-27-19(22-13)21-12(3)25/h4,9,11H,1,5-8,10H2,2-3H3,(H,21,22,25). The van der Waals surface area contributed by atoms with E-state index in [1.165, 1.54) is 40.5 Å². The van der Waals surface area contributed by atoms with Crippen LogP contribution in [0.15, 0.2) is 28.0 Å². The largest absolute Gasteiger partial charge is 0.302 e. The molecular weight excluding hydrogens is 424 g/mol. The molecule has 0 spiro atoms. The van der Waals surface area contributed by atoms with Crippen molar-refractivity contribution in [1.29, 1.82) is 0 Å². The van der Waals surface area contributed by atoms with Gasteiger partial charge in [-0.25, -0.2) is 9.97 Å². The summed E-state index contributed by atoms with van der Waals surface area (Å²) in [4.78, 5) is 35.9. The Morgan fingerprint density at radius 2 is 2.31 bits per heavy atom. The van der Waals surface area contributed by atoms with E-state index in [9.17, 15) is 9.59 Å². The van der Waals surface area contributed by atoms with E-state index in [1.807, 2.05) is 5.38 Å². The maximum Gasteiger partial charge on any atom is 0.263 e. The van der Waals surface area contributed by atoms with E-state index in [-0.39, 0.29) is 11.5 Å². The highest BCUT2D eigenvalue weighted by Gasteiger charge is 2.24. The van der Waals surface area contributed by atoms with Crippen molar-refractivity contribution in [1.82, 2.24) is 14.5 Å². The highest BCUT2D eigenvalue weighted by atomic mass is 32.2. The summed E-state index contributed by atoms with van der Waals surface area (Å²) in [5.74, 6) is 1.09. The van der Waals surface area contributed by atoms with Crippen molar-refractivity contribution in [2.24, 2.45) is 5.92 Å². The van der Waals surface area contributed by atoms with Gasteiger partial charge in [0.05, 0.1) is 11.1 Å². The maximum atomic E-state index is 13.3. The molecule has 1 aliphatic carbocycles. The zero-order chi connectivity index (χ0) is 20.5. The summed E-state index contributed by atoms with van der Waals surface area (Å²) in [6, 6.07) is 0. The fourth-order valence-corrected chi connectivity index (χ4v) is 6.71. The molecule has 1 amide bonds. The minimum Gasteiger partial charge on any atom is -0.302 e. The molecule has 3 heterocycles. The van der Waals surface area contributed by atoms with Crippen LogP contribution in [0.1, 0.15) is 36.4 Å². The van der Waals surface area contributed by atoms with Crippen LogP contribution in [-0.2, 0) is 29.9 Å². The minimum atomic E-state index is -0.138. The molecule has 0 bridgehead atoms. The number of carbonyl (C=O) groups excluding carboxylic acids is 1. The van der Waals surface area contributed by atoms with Crippen LogP contribution >= 0.6 is 34.4 Å². The average molecular weight is 447 g/mol. The molecule has 152 valence electrons. The van der Waals surface area contributed by atoms with Crippen molar-refractivity contribution >= 4 is 55.7 Å². The van der Waals surface area contributed by atoms with Gasteiger partial charge in [-0.2, -0.15) is 0 Å². The van der Waals surface area contributed by atoms with E-state index >= 15 is 0 Å². The number of anilines is 1. The number of allylic oxidation sites excluding steroid dienone is 1. The quantitative estimate of drug-likeness (QED) is 0.343. The topological polar surface area (TPSA) is 76.9 Å². The van der Waals surface area contributed by atoms with Crippen LogP contribution in [0.5, 0.6) is 0 Å². The van der Waals surface area contributed by atoms with E-state index in [2.05, 4.69) is 23.8 Å². The Labute approximate surface area is 181 Å². The molecule has 1 N–H and O–H groups in total. The number of rotatable bonds is 6. The van der Waals surface area contributed by atoms with E-state index in [1.54, 1.807) is 22.0 Å². The first-order chi connectivity index (χ1) is 14.0. The number of fused-ring (bicyclic) bond motifs is 3. The fraction of sp³-hybridized carbons (Fsp3) is 0.400. The number of hydrogen-bond acceptors (Lipinski definition) is 7. The Bertz CT molecular complexity index is 1140. The Balaban J connectivity index is 1.67. The summed E-state index contributed by atoms with van der Waals surface area (Å²) >= 11 is 4.55. The normalized spacial score (nSPS) is 16.0. The highest BCUT2D eigenvalue weighted by molar-refractivity contribution is 7.98. The smallest absolute Gasteiger partial charge is 0.263 e. The molecule has 3 aromatic rings.